The molecule has 0 fully saturated rings. The first-order chi connectivity index (χ1) is 57.5. The lowest BCUT2D eigenvalue weighted by Gasteiger charge is -2.22. The van der Waals surface area contributed by atoms with Crippen molar-refractivity contribution in [3.8, 4) is 165 Å². The van der Waals surface area contributed by atoms with Gasteiger partial charge in [-0.3, -0.25) is 0 Å². The van der Waals surface area contributed by atoms with Crippen molar-refractivity contribution in [3.63, 3.8) is 0 Å². The molecule has 0 aliphatic rings. The zero-order valence-electron chi connectivity index (χ0n) is 62.3. The summed E-state index contributed by atoms with van der Waals surface area (Å²) in [6, 6.07) is 112. The molecule has 0 saturated heterocycles. The number of rotatable bonds is 15. The standard InChI is InChI=1S/C99H60F3N15/c1-60-27-26-44-79(99(100,101)102)86(60)74-58-85(117-82-51-47-71(97-112-91(65-36-18-6-19-37-65)106-92(113-97)66-38-20-7-21-39-66)55-77(82)78-56-72(48-52-83(78)117)98-114-93(67-40-22-8-23-41-67)107-94(115-98)68-42-24-9-25-43-68)84(57-73(74)59-103)116-80-49-45-69(95-108-87(61-28-10-2-11-29-61)104-88(109-95)62-30-12-3-13-31-62)53-75(80)76-54-70(46-50-81(76)116)96-110-89(63-32-14-4-15-33-63)105-90(111-96)64-34-16-5-17-35-64/h2-58H,1H3. The van der Waals surface area contributed by atoms with Crippen molar-refractivity contribution in [1.82, 2.24) is 68.9 Å². The van der Waals surface area contributed by atoms with Gasteiger partial charge in [0.05, 0.1) is 50.6 Å². The largest absolute Gasteiger partial charge is 0.417 e. The molecule has 20 aromatic rings. The molecule has 0 radical (unpaired) electrons. The van der Waals surface area contributed by atoms with E-state index in [-0.39, 0.29) is 16.7 Å². The summed E-state index contributed by atoms with van der Waals surface area (Å²) in [5.41, 5.74) is 11.6. The minimum Gasteiger partial charge on any atom is -0.307 e. The predicted octanol–water partition coefficient (Wildman–Crippen LogP) is 23.5. The molecule has 0 aliphatic carbocycles. The van der Waals surface area contributed by atoms with Crippen LogP contribution >= 0.6 is 0 Å². The van der Waals surface area contributed by atoms with Crippen molar-refractivity contribution in [2.45, 2.75) is 13.1 Å². The lowest BCUT2D eigenvalue weighted by molar-refractivity contribution is -0.137. The number of hydrogen-bond donors (Lipinski definition) is 0. The lowest BCUT2D eigenvalue weighted by Crippen LogP contribution is -2.10. The van der Waals surface area contributed by atoms with Crippen LogP contribution in [-0.2, 0) is 6.18 Å². The van der Waals surface area contributed by atoms with Gasteiger partial charge in [0.25, 0.3) is 0 Å². The number of aromatic nitrogens is 14. The normalized spacial score (nSPS) is 11.6. The van der Waals surface area contributed by atoms with E-state index in [1.165, 1.54) is 6.07 Å². The van der Waals surface area contributed by atoms with E-state index in [2.05, 4.69) is 27.3 Å². The van der Waals surface area contributed by atoms with Crippen LogP contribution in [-0.4, -0.2) is 68.9 Å². The van der Waals surface area contributed by atoms with Gasteiger partial charge >= 0.3 is 6.18 Å². The Bertz CT molecular complexity index is 6690. The first-order valence-corrected chi connectivity index (χ1v) is 37.9. The molecule has 15 nitrogen and oxygen atoms in total. The molecule has 6 heterocycles. The highest BCUT2D eigenvalue weighted by atomic mass is 19.4. The minimum atomic E-state index is -4.84. The average molecular weight is 1520 g/mol. The maximum atomic E-state index is 16.0. The van der Waals surface area contributed by atoms with Gasteiger partial charge < -0.3 is 9.13 Å². The van der Waals surface area contributed by atoms with Crippen LogP contribution in [0.2, 0.25) is 0 Å². The first-order valence-electron chi connectivity index (χ1n) is 37.9. The monoisotopic (exact) mass is 1520 g/mol. The average Bonchev–Trinajstić information content (AvgIpc) is 1.55. The summed E-state index contributed by atoms with van der Waals surface area (Å²) >= 11 is 0. The van der Waals surface area contributed by atoms with Gasteiger partial charge in [-0.2, -0.15) is 18.4 Å². The van der Waals surface area contributed by atoms with Crippen LogP contribution < -0.4 is 0 Å². The van der Waals surface area contributed by atoms with E-state index in [1.54, 1.807) is 25.1 Å². The van der Waals surface area contributed by atoms with Crippen LogP contribution in [0.5, 0.6) is 0 Å². The van der Waals surface area contributed by atoms with E-state index >= 15 is 13.2 Å². The Labute approximate surface area is 667 Å². The van der Waals surface area contributed by atoms with E-state index in [9.17, 15) is 5.26 Å². The van der Waals surface area contributed by atoms with Gasteiger partial charge in [-0.05, 0) is 109 Å². The summed E-state index contributed by atoms with van der Waals surface area (Å²) in [7, 11) is 0. The molecule has 0 N–H and O–H groups in total. The fraction of sp³-hybridized carbons (Fsp3) is 0.0202. The molecule has 18 heteroatoms. The summed E-state index contributed by atoms with van der Waals surface area (Å²) in [6.07, 6.45) is -4.84. The fourth-order valence-electron chi connectivity index (χ4n) is 15.4. The SMILES string of the molecule is Cc1cccc(C(F)(F)F)c1-c1cc(-n2c3ccc(-c4nc(-c5ccccc5)nc(-c5ccccc5)n4)cc3c3cc(-c4nc(-c5ccccc5)nc(-c5ccccc5)n4)ccc32)c(-n2c3ccc(-c4nc(-c5ccccc5)nc(-c5ccccc5)n4)cc3c3cc(-c4nc(-c5ccccc5)nc(-c5ccccc5)n4)ccc32)cc1C#N. The molecule has 0 unspecified atom stereocenters. The van der Waals surface area contributed by atoms with Crippen LogP contribution in [0.3, 0.4) is 0 Å². The number of nitrogens with zero attached hydrogens (tertiary/aromatic N) is 15. The van der Waals surface area contributed by atoms with Gasteiger partial charge in [-0.25, -0.2) is 59.8 Å². The molecule has 552 valence electrons. The van der Waals surface area contributed by atoms with E-state index in [1.807, 2.05) is 303 Å². The summed E-state index contributed by atoms with van der Waals surface area (Å²) in [4.78, 5) is 62.0. The minimum absolute atomic E-state index is 0.0159. The highest BCUT2D eigenvalue weighted by Gasteiger charge is 2.36. The summed E-state index contributed by atoms with van der Waals surface area (Å²) < 4.78 is 52.3. The third-order valence-corrected chi connectivity index (χ3v) is 20.9. The Morgan fingerprint density at radius 3 is 0.692 bits per heavy atom. The van der Waals surface area contributed by atoms with Gasteiger partial charge in [0.1, 0.15) is 0 Å². The summed E-state index contributed by atoms with van der Waals surface area (Å²) in [5, 5.41) is 14.7. The highest BCUT2D eigenvalue weighted by Crippen LogP contribution is 2.47. The molecular formula is C99H60F3N15. The van der Waals surface area contributed by atoms with Crippen LogP contribution in [0.4, 0.5) is 13.2 Å². The zero-order chi connectivity index (χ0) is 78.7. The number of benzene rings is 14. The number of halogens is 3. The van der Waals surface area contributed by atoms with Crippen molar-refractivity contribution in [2.24, 2.45) is 0 Å². The lowest BCUT2D eigenvalue weighted by atomic mass is 9.90. The number of aryl methyl sites for hydroxylation is 1. The van der Waals surface area contributed by atoms with Crippen molar-refractivity contribution < 1.29 is 13.2 Å². The van der Waals surface area contributed by atoms with Crippen molar-refractivity contribution >= 4 is 43.6 Å². The van der Waals surface area contributed by atoms with Crippen LogP contribution in [0, 0.1) is 18.3 Å². The second-order valence-corrected chi connectivity index (χ2v) is 28.2. The van der Waals surface area contributed by atoms with Gasteiger partial charge in [0.2, 0.25) is 0 Å². The second-order valence-electron chi connectivity index (χ2n) is 28.2. The molecule has 6 aromatic heterocycles. The maximum absolute atomic E-state index is 16.0. The Morgan fingerprint density at radius 1 is 0.248 bits per heavy atom. The van der Waals surface area contributed by atoms with Gasteiger partial charge in [-0.1, -0.05) is 255 Å². The maximum Gasteiger partial charge on any atom is 0.417 e. The quantitative estimate of drug-likeness (QED) is 0.0944. The van der Waals surface area contributed by atoms with E-state index in [0.29, 0.717) is 142 Å². The predicted molar refractivity (Wildman–Crippen MR) is 454 cm³/mol. The third kappa shape index (κ3) is 13.2. The molecule has 14 aromatic carbocycles. The Kier molecular flexibility index (Phi) is 17.5. The number of nitriles is 1. The summed E-state index contributed by atoms with van der Waals surface area (Å²) in [6.45, 7) is 1.64. The molecule has 117 heavy (non-hydrogen) atoms. The molecular weight excluding hydrogens is 1460 g/mol. The number of fused-ring (bicyclic) bond motifs is 6. The van der Waals surface area contributed by atoms with E-state index < -0.39 is 11.7 Å². The van der Waals surface area contributed by atoms with E-state index in [4.69, 9.17) is 59.8 Å². The smallest absolute Gasteiger partial charge is 0.307 e. The third-order valence-electron chi connectivity index (χ3n) is 20.9. The molecule has 20 rings (SSSR count). The van der Waals surface area contributed by atoms with Gasteiger partial charge in [0.15, 0.2) is 69.9 Å². The van der Waals surface area contributed by atoms with E-state index in [0.717, 1.165) is 61.3 Å². The Balaban J connectivity index is 0.890. The van der Waals surface area contributed by atoms with Crippen LogP contribution in [0.1, 0.15) is 16.7 Å². The zero-order valence-corrected chi connectivity index (χ0v) is 62.3. The van der Waals surface area contributed by atoms with Crippen molar-refractivity contribution in [1.29, 1.82) is 5.26 Å². The molecule has 0 spiro atoms. The van der Waals surface area contributed by atoms with Gasteiger partial charge in [0, 0.05) is 93.9 Å². The topological polar surface area (TPSA) is 188 Å². The highest BCUT2D eigenvalue weighted by molar-refractivity contribution is 6.14. The molecule has 0 amide bonds. The van der Waals surface area contributed by atoms with Gasteiger partial charge in [-0.15, -0.1) is 0 Å². The fourth-order valence-corrected chi connectivity index (χ4v) is 15.4. The first kappa shape index (κ1) is 70.1. The second kappa shape index (κ2) is 29.3. The van der Waals surface area contributed by atoms with Crippen molar-refractivity contribution in [2.75, 3.05) is 0 Å². The van der Waals surface area contributed by atoms with Crippen LogP contribution in [0.25, 0.3) is 203 Å². The molecule has 0 bridgehead atoms. The molecule has 0 atom stereocenters. The van der Waals surface area contributed by atoms with Crippen LogP contribution in [0.15, 0.2) is 346 Å². The Hall–Kier alpha value is -16.0. The summed E-state index contributed by atoms with van der Waals surface area (Å²) in [5.74, 6) is 5.27. The number of hydrogen-bond acceptors (Lipinski definition) is 13. The molecule has 0 saturated carbocycles. The molecule has 0 aliphatic heterocycles. The number of alkyl halides is 3. The van der Waals surface area contributed by atoms with Crippen molar-refractivity contribution in [3.05, 3.63) is 362 Å². The Morgan fingerprint density at radius 2 is 0.470 bits per heavy atom.